The SMILES string of the molecule is CCN(Cc1cccc(C)n1)Cc1ccc(C(=O)NN)o1. The molecule has 3 N–H and O–H groups in total. The first-order chi connectivity index (χ1) is 10.1. The highest BCUT2D eigenvalue weighted by atomic mass is 16.4. The summed E-state index contributed by atoms with van der Waals surface area (Å²) in [6, 6.07) is 9.39. The van der Waals surface area contributed by atoms with E-state index in [0.717, 1.165) is 30.2 Å². The van der Waals surface area contributed by atoms with Gasteiger partial charge < -0.3 is 4.42 Å². The van der Waals surface area contributed by atoms with E-state index >= 15 is 0 Å². The largest absolute Gasteiger partial charge is 0.455 e. The number of nitrogens with one attached hydrogen (secondary N) is 1. The number of aryl methyl sites for hydroxylation is 1. The lowest BCUT2D eigenvalue weighted by Gasteiger charge is -2.18. The molecule has 0 aliphatic heterocycles. The highest BCUT2D eigenvalue weighted by Crippen LogP contribution is 2.12. The van der Waals surface area contributed by atoms with Gasteiger partial charge >= 0.3 is 5.91 Å². The van der Waals surface area contributed by atoms with Crippen molar-refractivity contribution in [2.75, 3.05) is 6.54 Å². The minimum atomic E-state index is -0.426. The predicted octanol–water partition coefficient (Wildman–Crippen LogP) is 1.61. The maximum Gasteiger partial charge on any atom is 0.300 e. The predicted molar refractivity (Wildman–Crippen MR) is 79.1 cm³/mol. The maximum atomic E-state index is 11.4. The Kier molecular flexibility index (Phi) is 5.08. The molecule has 0 saturated heterocycles. The van der Waals surface area contributed by atoms with Gasteiger partial charge in [0, 0.05) is 12.2 Å². The third-order valence-electron chi connectivity index (χ3n) is 3.17. The Balaban J connectivity index is 2.02. The van der Waals surface area contributed by atoms with Crippen molar-refractivity contribution in [1.82, 2.24) is 15.3 Å². The average molecular weight is 288 g/mol. The van der Waals surface area contributed by atoms with Crippen LogP contribution in [0.1, 0.15) is 34.6 Å². The third-order valence-corrected chi connectivity index (χ3v) is 3.17. The lowest BCUT2D eigenvalue weighted by Crippen LogP contribution is -2.29. The zero-order valence-electron chi connectivity index (χ0n) is 12.3. The fourth-order valence-electron chi connectivity index (χ4n) is 2.07. The second kappa shape index (κ2) is 7.01. The van der Waals surface area contributed by atoms with Crippen LogP contribution in [-0.2, 0) is 13.1 Å². The summed E-state index contributed by atoms with van der Waals surface area (Å²) in [6.45, 7) is 6.26. The van der Waals surface area contributed by atoms with E-state index in [9.17, 15) is 4.79 Å². The molecule has 112 valence electrons. The van der Waals surface area contributed by atoms with Crippen LogP contribution in [0.2, 0.25) is 0 Å². The van der Waals surface area contributed by atoms with Crippen molar-refractivity contribution in [3.63, 3.8) is 0 Å². The van der Waals surface area contributed by atoms with Gasteiger partial charge in [-0.05, 0) is 37.7 Å². The zero-order valence-corrected chi connectivity index (χ0v) is 12.3. The summed E-state index contributed by atoms with van der Waals surface area (Å²) < 4.78 is 5.48. The maximum absolute atomic E-state index is 11.4. The molecule has 0 bridgehead atoms. The van der Waals surface area contributed by atoms with Gasteiger partial charge in [-0.25, -0.2) is 5.84 Å². The fraction of sp³-hybridized carbons (Fsp3) is 0.333. The topological polar surface area (TPSA) is 84.4 Å². The highest BCUT2D eigenvalue weighted by Gasteiger charge is 2.12. The number of nitrogens with zero attached hydrogens (tertiary/aromatic N) is 2. The number of furan rings is 1. The van der Waals surface area contributed by atoms with Crippen LogP contribution in [0.5, 0.6) is 0 Å². The van der Waals surface area contributed by atoms with Gasteiger partial charge in [-0.15, -0.1) is 0 Å². The summed E-state index contributed by atoms with van der Waals surface area (Å²) in [5.41, 5.74) is 4.07. The molecule has 2 aromatic heterocycles. The van der Waals surface area contributed by atoms with Gasteiger partial charge in [0.05, 0.1) is 12.2 Å². The van der Waals surface area contributed by atoms with Gasteiger partial charge in [-0.1, -0.05) is 13.0 Å². The molecule has 0 atom stereocenters. The third kappa shape index (κ3) is 4.14. The van der Waals surface area contributed by atoms with Crippen molar-refractivity contribution in [2.45, 2.75) is 26.9 Å². The van der Waals surface area contributed by atoms with E-state index in [-0.39, 0.29) is 5.76 Å². The van der Waals surface area contributed by atoms with Gasteiger partial charge in [-0.3, -0.25) is 20.1 Å². The van der Waals surface area contributed by atoms with E-state index in [2.05, 4.69) is 22.2 Å². The molecule has 0 aromatic carbocycles. The van der Waals surface area contributed by atoms with E-state index in [1.165, 1.54) is 0 Å². The molecule has 0 unspecified atom stereocenters. The molecular weight excluding hydrogens is 268 g/mol. The second-order valence-electron chi connectivity index (χ2n) is 4.81. The average Bonchev–Trinajstić information content (AvgIpc) is 2.94. The zero-order chi connectivity index (χ0) is 15.2. The Bertz CT molecular complexity index is 609. The molecule has 0 aliphatic rings. The quantitative estimate of drug-likeness (QED) is 0.479. The molecule has 2 heterocycles. The normalized spacial score (nSPS) is 10.9. The number of hydrazine groups is 1. The Hall–Kier alpha value is -2.18. The van der Waals surface area contributed by atoms with Gasteiger partial charge in [0.2, 0.25) is 0 Å². The summed E-state index contributed by atoms with van der Waals surface area (Å²) in [6.07, 6.45) is 0. The lowest BCUT2D eigenvalue weighted by atomic mass is 10.3. The number of carbonyl (C=O) groups excluding carboxylic acids is 1. The Morgan fingerprint density at radius 3 is 2.81 bits per heavy atom. The van der Waals surface area contributed by atoms with Gasteiger partial charge in [0.25, 0.3) is 0 Å². The van der Waals surface area contributed by atoms with Crippen molar-refractivity contribution in [3.05, 3.63) is 53.2 Å². The fourth-order valence-corrected chi connectivity index (χ4v) is 2.07. The summed E-state index contributed by atoms with van der Waals surface area (Å²) in [4.78, 5) is 18.0. The number of carbonyl (C=O) groups is 1. The second-order valence-corrected chi connectivity index (χ2v) is 4.81. The van der Waals surface area contributed by atoms with Crippen LogP contribution in [0.15, 0.2) is 34.7 Å². The molecule has 1 amide bonds. The van der Waals surface area contributed by atoms with Crippen LogP contribution in [0.25, 0.3) is 0 Å². The standard InChI is InChI=1S/C15H20N4O2/c1-3-19(9-12-6-4-5-11(2)17-12)10-13-7-8-14(21-13)15(20)18-16/h4-8H,3,9-10,16H2,1-2H3,(H,18,20). The van der Waals surface area contributed by atoms with Crippen LogP contribution >= 0.6 is 0 Å². The lowest BCUT2D eigenvalue weighted by molar-refractivity contribution is 0.0922. The van der Waals surface area contributed by atoms with Crippen LogP contribution < -0.4 is 11.3 Å². The molecule has 0 aliphatic carbocycles. The molecule has 2 rings (SSSR count). The van der Waals surface area contributed by atoms with E-state index < -0.39 is 5.91 Å². The minimum Gasteiger partial charge on any atom is -0.455 e. The number of hydrogen-bond donors (Lipinski definition) is 2. The first-order valence-electron chi connectivity index (χ1n) is 6.87. The summed E-state index contributed by atoms with van der Waals surface area (Å²) in [7, 11) is 0. The molecular formula is C15H20N4O2. The van der Waals surface area contributed by atoms with E-state index in [1.54, 1.807) is 12.1 Å². The van der Waals surface area contributed by atoms with Crippen molar-refractivity contribution in [3.8, 4) is 0 Å². The van der Waals surface area contributed by atoms with E-state index in [4.69, 9.17) is 10.3 Å². The molecule has 6 heteroatoms. The number of aromatic nitrogens is 1. The summed E-state index contributed by atoms with van der Waals surface area (Å²) >= 11 is 0. The Morgan fingerprint density at radius 1 is 1.33 bits per heavy atom. The van der Waals surface area contributed by atoms with Gasteiger partial charge in [-0.2, -0.15) is 0 Å². The number of hydrogen-bond acceptors (Lipinski definition) is 5. The van der Waals surface area contributed by atoms with Gasteiger partial charge in [0.15, 0.2) is 5.76 Å². The Morgan fingerprint density at radius 2 is 2.14 bits per heavy atom. The van der Waals surface area contributed by atoms with Crippen molar-refractivity contribution in [1.29, 1.82) is 0 Å². The van der Waals surface area contributed by atoms with Gasteiger partial charge in [0.1, 0.15) is 5.76 Å². The summed E-state index contributed by atoms with van der Waals surface area (Å²) in [5.74, 6) is 5.60. The number of amides is 1. The molecule has 0 saturated carbocycles. The van der Waals surface area contributed by atoms with Crippen LogP contribution in [0.4, 0.5) is 0 Å². The summed E-state index contributed by atoms with van der Waals surface area (Å²) in [5, 5.41) is 0. The smallest absolute Gasteiger partial charge is 0.300 e. The van der Waals surface area contributed by atoms with Crippen molar-refractivity contribution in [2.24, 2.45) is 5.84 Å². The Labute approximate surface area is 123 Å². The van der Waals surface area contributed by atoms with E-state index in [1.807, 2.05) is 25.1 Å². The van der Waals surface area contributed by atoms with Crippen LogP contribution in [0, 0.1) is 6.92 Å². The van der Waals surface area contributed by atoms with Crippen molar-refractivity contribution >= 4 is 5.91 Å². The molecule has 2 aromatic rings. The molecule has 0 radical (unpaired) electrons. The highest BCUT2D eigenvalue weighted by molar-refractivity contribution is 5.90. The monoisotopic (exact) mass is 288 g/mol. The van der Waals surface area contributed by atoms with Crippen molar-refractivity contribution < 1.29 is 9.21 Å². The number of nitrogens with two attached hydrogens (primary N) is 1. The number of rotatable bonds is 6. The number of nitrogen functional groups attached to an aromatic ring is 1. The first kappa shape index (κ1) is 15.2. The van der Waals surface area contributed by atoms with E-state index in [0.29, 0.717) is 6.54 Å². The van der Waals surface area contributed by atoms with Crippen LogP contribution in [0.3, 0.4) is 0 Å². The minimum absolute atomic E-state index is 0.220. The first-order valence-corrected chi connectivity index (χ1v) is 6.87. The molecule has 21 heavy (non-hydrogen) atoms. The number of pyridine rings is 1. The molecule has 6 nitrogen and oxygen atoms in total. The van der Waals surface area contributed by atoms with Crippen LogP contribution in [-0.4, -0.2) is 22.3 Å². The molecule has 0 spiro atoms. The molecule has 0 fully saturated rings.